The summed E-state index contributed by atoms with van der Waals surface area (Å²) < 4.78 is 0. The largest absolute Gasteiger partial charge is 0.386 e. The Bertz CT molecular complexity index is 282. The smallest absolute Gasteiger partial charge is 0.317 e. The molecule has 0 aromatic heterocycles. The molecule has 0 aromatic rings. The number of carbonyl (C=O) groups excluding carboxylic acids is 1. The van der Waals surface area contributed by atoms with Crippen molar-refractivity contribution in [3.8, 4) is 0 Å². The zero-order valence-corrected chi connectivity index (χ0v) is 10.9. The minimum absolute atomic E-state index is 0.0947. The van der Waals surface area contributed by atoms with Crippen LogP contribution in [0.15, 0.2) is 0 Å². The highest BCUT2D eigenvalue weighted by molar-refractivity contribution is 5.91. The van der Waals surface area contributed by atoms with Crippen molar-refractivity contribution in [3.05, 3.63) is 0 Å². The molecule has 0 bridgehead atoms. The third-order valence-corrected chi connectivity index (χ3v) is 3.64. The lowest BCUT2D eigenvalue weighted by Crippen LogP contribution is -2.59. The molecule has 1 rings (SSSR count). The predicted molar refractivity (Wildman–Crippen MR) is 69.2 cm³/mol. The minimum atomic E-state index is -0.614. The van der Waals surface area contributed by atoms with E-state index in [0.717, 1.165) is 38.5 Å². The van der Waals surface area contributed by atoms with Gasteiger partial charge in [-0.15, -0.1) is 0 Å². The topological polar surface area (TPSA) is 82.2 Å². The van der Waals surface area contributed by atoms with Crippen LogP contribution in [0.4, 0.5) is 4.79 Å². The molecule has 0 radical (unpaired) electrons. The van der Waals surface area contributed by atoms with Crippen LogP contribution in [0.25, 0.3) is 0 Å². The molecule has 0 aliphatic heterocycles. The lowest BCUT2D eigenvalue weighted by molar-refractivity contribution is 0.200. The van der Waals surface area contributed by atoms with Crippen molar-refractivity contribution in [3.63, 3.8) is 0 Å². The van der Waals surface area contributed by atoms with Gasteiger partial charge in [-0.05, 0) is 19.8 Å². The first-order valence-electron chi connectivity index (χ1n) is 6.39. The highest BCUT2D eigenvalue weighted by atomic mass is 16.2. The Hall–Kier alpha value is -1.26. The molecule has 5 heteroatoms. The lowest BCUT2D eigenvalue weighted by atomic mass is 9.89. The molecular weight excluding hydrogens is 216 g/mol. The van der Waals surface area contributed by atoms with Gasteiger partial charge in [0, 0.05) is 13.6 Å². The molecule has 98 valence electrons. The van der Waals surface area contributed by atoms with Crippen LogP contribution in [0.2, 0.25) is 0 Å². The number of urea groups is 1. The SMILES string of the molecule is CCN(C)C(=O)NC1(C(=N)N)CCCCCC1. The van der Waals surface area contributed by atoms with Gasteiger partial charge in [0.2, 0.25) is 0 Å². The maximum Gasteiger partial charge on any atom is 0.317 e. The number of hydrogen-bond donors (Lipinski definition) is 3. The molecule has 0 spiro atoms. The monoisotopic (exact) mass is 240 g/mol. The van der Waals surface area contributed by atoms with E-state index in [-0.39, 0.29) is 11.9 Å². The molecule has 0 atom stereocenters. The second-order valence-corrected chi connectivity index (χ2v) is 4.85. The van der Waals surface area contributed by atoms with Crippen LogP contribution in [-0.4, -0.2) is 35.9 Å². The molecule has 1 aliphatic rings. The Labute approximate surface area is 103 Å². The molecule has 5 nitrogen and oxygen atoms in total. The molecule has 2 amide bonds. The molecule has 0 saturated heterocycles. The summed E-state index contributed by atoms with van der Waals surface area (Å²) in [4.78, 5) is 13.5. The zero-order chi connectivity index (χ0) is 12.9. The maximum atomic E-state index is 11.9. The van der Waals surface area contributed by atoms with E-state index in [1.54, 1.807) is 11.9 Å². The van der Waals surface area contributed by atoms with E-state index in [0.29, 0.717) is 6.54 Å². The van der Waals surface area contributed by atoms with Crippen molar-refractivity contribution in [2.24, 2.45) is 5.73 Å². The van der Waals surface area contributed by atoms with E-state index in [4.69, 9.17) is 11.1 Å². The Morgan fingerprint density at radius 1 is 1.35 bits per heavy atom. The summed E-state index contributed by atoms with van der Waals surface area (Å²) in [5.74, 6) is 0.0947. The third-order valence-electron chi connectivity index (χ3n) is 3.64. The van der Waals surface area contributed by atoms with E-state index in [1.807, 2.05) is 6.92 Å². The summed E-state index contributed by atoms with van der Waals surface area (Å²) in [6.45, 7) is 2.58. The first-order chi connectivity index (χ1) is 8.02. The zero-order valence-electron chi connectivity index (χ0n) is 10.9. The average molecular weight is 240 g/mol. The van der Waals surface area contributed by atoms with Gasteiger partial charge in [0.15, 0.2) is 0 Å². The van der Waals surface area contributed by atoms with E-state index < -0.39 is 5.54 Å². The Morgan fingerprint density at radius 2 is 1.88 bits per heavy atom. The highest BCUT2D eigenvalue weighted by Gasteiger charge is 2.36. The van der Waals surface area contributed by atoms with Crippen LogP contribution in [0.5, 0.6) is 0 Å². The quantitative estimate of drug-likeness (QED) is 0.398. The molecule has 17 heavy (non-hydrogen) atoms. The van der Waals surface area contributed by atoms with Crippen molar-refractivity contribution in [1.82, 2.24) is 10.2 Å². The van der Waals surface area contributed by atoms with Crippen molar-refractivity contribution in [2.75, 3.05) is 13.6 Å². The molecule has 4 N–H and O–H groups in total. The van der Waals surface area contributed by atoms with Crippen LogP contribution in [0, 0.1) is 5.41 Å². The molecule has 0 heterocycles. The summed E-state index contributed by atoms with van der Waals surface area (Å²) in [7, 11) is 1.75. The number of carbonyl (C=O) groups is 1. The summed E-state index contributed by atoms with van der Waals surface area (Å²) in [6, 6.07) is -0.135. The van der Waals surface area contributed by atoms with Crippen LogP contribution in [0.3, 0.4) is 0 Å². The Balaban J connectivity index is 2.77. The third kappa shape index (κ3) is 3.35. The van der Waals surface area contributed by atoms with Gasteiger partial charge >= 0.3 is 6.03 Å². The summed E-state index contributed by atoms with van der Waals surface area (Å²) in [5.41, 5.74) is 5.10. The van der Waals surface area contributed by atoms with E-state index >= 15 is 0 Å². The fourth-order valence-corrected chi connectivity index (χ4v) is 2.24. The normalized spacial score (nSPS) is 19.2. The van der Waals surface area contributed by atoms with Gasteiger partial charge in [-0.1, -0.05) is 25.7 Å². The highest BCUT2D eigenvalue weighted by Crippen LogP contribution is 2.27. The van der Waals surface area contributed by atoms with Crippen LogP contribution in [0.1, 0.15) is 45.4 Å². The molecule has 0 aromatic carbocycles. The Morgan fingerprint density at radius 3 is 2.29 bits per heavy atom. The predicted octanol–water partition coefficient (Wildman–Crippen LogP) is 1.68. The van der Waals surface area contributed by atoms with Crippen molar-refractivity contribution >= 4 is 11.9 Å². The minimum Gasteiger partial charge on any atom is -0.386 e. The molecule has 1 saturated carbocycles. The fourth-order valence-electron chi connectivity index (χ4n) is 2.24. The summed E-state index contributed by atoms with van der Waals surface area (Å²) in [6.07, 6.45) is 5.94. The number of amidine groups is 1. The first-order valence-corrected chi connectivity index (χ1v) is 6.39. The molecule has 1 aliphatic carbocycles. The van der Waals surface area contributed by atoms with Gasteiger partial charge in [-0.25, -0.2) is 4.79 Å². The second-order valence-electron chi connectivity index (χ2n) is 4.85. The van der Waals surface area contributed by atoms with Gasteiger partial charge in [0.1, 0.15) is 5.84 Å². The van der Waals surface area contributed by atoms with E-state index in [9.17, 15) is 4.79 Å². The number of amides is 2. The standard InChI is InChI=1S/C12H24N4O/c1-3-16(2)11(17)15-12(10(13)14)8-6-4-5-7-9-12/h3-9H2,1-2H3,(H3,13,14)(H,15,17). The van der Waals surface area contributed by atoms with Crippen molar-refractivity contribution in [1.29, 1.82) is 5.41 Å². The van der Waals surface area contributed by atoms with Crippen molar-refractivity contribution < 1.29 is 4.79 Å². The van der Waals surface area contributed by atoms with Gasteiger partial charge in [0.05, 0.1) is 5.54 Å². The Kier molecular flexibility index (Phi) is 4.78. The van der Waals surface area contributed by atoms with Crippen LogP contribution < -0.4 is 11.1 Å². The number of nitrogens with two attached hydrogens (primary N) is 1. The molecular formula is C12H24N4O. The fraction of sp³-hybridized carbons (Fsp3) is 0.833. The summed E-state index contributed by atoms with van der Waals surface area (Å²) >= 11 is 0. The van der Waals surface area contributed by atoms with E-state index in [2.05, 4.69) is 5.32 Å². The number of nitrogens with one attached hydrogen (secondary N) is 2. The number of nitrogens with zero attached hydrogens (tertiary/aromatic N) is 1. The van der Waals surface area contributed by atoms with Gasteiger partial charge in [0.25, 0.3) is 0 Å². The average Bonchev–Trinajstić information content (AvgIpc) is 2.54. The number of rotatable bonds is 3. The van der Waals surface area contributed by atoms with Gasteiger partial charge in [-0.3, -0.25) is 5.41 Å². The van der Waals surface area contributed by atoms with E-state index in [1.165, 1.54) is 0 Å². The maximum absolute atomic E-state index is 11.9. The second kappa shape index (κ2) is 5.89. The van der Waals surface area contributed by atoms with Crippen molar-refractivity contribution in [2.45, 2.75) is 51.0 Å². The van der Waals surface area contributed by atoms with Gasteiger partial charge in [-0.2, -0.15) is 0 Å². The van der Waals surface area contributed by atoms with Crippen LogP contribution >= 0.6 is 0 Å². The lowest BCUT2D eigenvalue weighted by Gasteiger charge is -2.34. The molecule has 1 fully saturated rings. The van der Waals surface area contributed by atoms with Gasteiger partial charge < -0.3 is 16.0 Å². The summed E-state index contributed by atoms with van der Waals surface area (Å²) in [5, 5.41) is 10.7. The number of hydrogen-bond acceptors (Lipinski definition) is 2. The van der Waals surface area contributed by atoms with Crippen LogP contribution in [-0.2, 0) is 0 Å². The first kappa shape index (κ1) is 13.8. The molecule has 0 unspecified atom stereocenters.